The maximum atomic E-state index is 11.5. The van der Waals surface area contributed by atoms with Crippen molar-refractivity contribution in [1.29, 1.82) is 0 Å². The molecule has 0 fully saturated rings. The zero-order valence-electron chi connectivity index (χ0n) is 8.06. The number of hydrogen-bond donors (Lipinski definition) is 0. The lowest BCUT2D eigenvalue weighted by Crippen LogP contribution is -2.39. The SMILES string of the molecule is Cn1c(CBr)c([N+](=O)[O-])c(=O)n(C)c1=O. The van der Waals surface area contributed by atoms with Gasteiger partial charge in [0.2, 0.25) is 0 Å². The number of halogens is 1. The Hall–Kier alpha value is -1.44. The Bertz CT molecular complexity index is 530. The van der Waals surface area contributed by atoms with Gasteiger partial charge in [0.1, 0.15) is 5.69 Å². The normalized spacial score (nSPS) is 10.3. The van der Waals surface area contributed by atoms with E-state index < -0.39 is 21.9 Å². The van der Waals surface area contributed by atoms with Gasteiger partial charge in [0, 0.05) is 14.1 Å². The van der Waals surface area contributed by atoms with Crippen molar-refractivity contribution >= 4 is 21.6 Å². The largest absolute Gasteiger partial charge is 0.354 e. The number of rotatable bonds is 2. The first-order valence-corrected chi connectivity index (χ1v) is 5.03. The van der Waals surface area contributed by atoms with Gasteiger partial charge in [-0.05, 0) is 0 Å². The van der Waals surface area contributed by atoms with Crippen LogP contribution in [-0.4, -0.2) is 14.1 Å². The van der Waals surface area contributed by atoms with Crippen molar-refractivity contribution in [2.75, 3.05) is 0 Å². The molecule has 15 heavy (non-hydrogen) atoms. The van der Waals surface area contributed by atoms with Gasteiger partial charge in [0.05, 0.1) is 10.3 Å². The maximum absolute atomic E-state index is 11.5. The fourth-order valence-corrected chi connectivity index (χ4v) is 1.85. The van der Waals surface area contributed by atoms with Gasteiger partial charge >= 0.3 is 16.9 Å². The third-order valence-corrected chi connectivity index (χ3v) is 2.60. The molecule has 0 N–H and O–H groups in total. The second-order valence-electron chi connectivity index (χ2n) is 2.89. The van der Waals surface area contributed by atoms with Gasteiger partial charge in [-0.15, -0.1) is 0 Å². The topological polar surface area (TPSA) is 87.1 Å². The highest BCUT2D eigenvalue weighted by Crippen LogP contribution is 2.13. The molecule has 0 aliphatic carbocycles. The van der Waals surface area contributed by atoms with Crippen LogP contribution < -0.4 is 11.2 Å². The lowest BCUT2D eigenvalue weighted by atomic mass is 10.3. The van der Waals surface area contributed by atoms with Crippen LogP contribution in [-0.2, 0) is 19.4 Å². The average Bonchev–Trinajstić information content (AvgIpc) is 2.19. The average molecular weight is 278 g/mol. The minimum Gasteiger partial charge on any atom is -0.293 e. The lowest BCUT2D eigenvalue weighted by Gasteiger charge is -2.07. The summed E-state index contributed by atoms with van der Waals surface area (Å²) in [4.78, 5) is 32.8. The van der Waals surface area contributed by atoms with Crippen LogP contribution in [0.15, 0.2) is 9.59 Å². The Balaban J connectivity index is 3.87. The minimum absolute atomic E-state index is 0.0631. The number of nitrogens with zero attached hydrogens (tertiary/aromatic N) is 3. The summed E-state index contributed by atoms with van der Waals surface area (Å²) in [5.74, 6) is 0. The molecular formula is C7H8BrN3O4. The van der Waals surface area contributed by atoms with Crippen molar-refractivity contribution in [1.82, 2.24) is 9.13 Å². The second-order valence-corrected chi connectivity index (χ2v) is 3.45. The van der Waals surface area contributed by atoms with Crippen LogP contribution in [0.25, 0.3) is 0 Å². The van der Waals surface area contributed by atoms with Gasteiger partial charge < -0.3 is 0 Å². The van der Waals surface area contributed by atoms with E-state index in [0.29, 0.717) is 4.57 Å². The summed E-state index contributed by atoms with van der Waals surface area (Å²) in [6.07, 6.45) is 0. The fourth-order valence-electron chi connectivity index (χ4n) is 1.20. The lowest BCUT2D eigenvalue weighted by molar-refractivity contribution is -0.387. The molecule has 0 unspecified atom stereocenters. The van der Waals surface area contributed by atoms with Gasteiger partial charge in [-0.1, -0.05) is 15.9 Å². The number of nitro groups is 1. The predicted molar refractivity (Wildman–Crippen MR) is 56.2 cm³/mol. The molecule has 0 atom stereocenters. The first kappa shape index (κ1) is 11.6. The van der Waals surface area contributed by atoms with E-state index in [4.69, 9.17) is 0 Å². The Morgan fingerprint density at radius 3 is 2.27 bits per heavy atom. The van der Waals surface area contributed by atoms with Crippen LogP contribution in [0.5, 0.6) is 0 Å². The van der Waals surface area contributed by atoms with E-state index in [-0.39, 0.29) is 11.0 Å². The molecule has 1 aromatic rings. The smallest absolute Gasteiger partial charge is 0.293 e. The van der Waals surface area contributed by atoms with E-state index in [1.165, 1.54) is 14.1 Å². The first-order valence-electron chi connectivity index (χ1n) is 3.91. The molecule has 1 rings (SSSR count). The Morgan fingerprint density at radius 1 is 1.33 bits per heavy atom. The summed E-state index contributed by atoms with van der Waals surface area (Å²) in [5.41, 5.74) is -1.98. The molecule has 0 amide bonds. The molecule has 0 radical (unpaired) electrons. The van der Waals surface area contributed by atoms with Crippen molar-refractivity contribution in [3.8, 4) is 0 Å². The molecule has 82 valence electrons. The molecule has 0 bridgehead atoms. The van der Waals surface area contributed by atoms with Gasteiger partial charge in [-0.2, -0.15) is 0 Å². The summed E-state index contributed by atoms with van der Waals surface area (Å²) in [6.45, 7) is 0. The van der Waals surface area contributed by atoms with E-state index >= 15 is 0 Å². The van der Waals surface area contributed by atoms with Crippen molar-refractivity contribution in [2.24, 2.45) is 14.1 Å². The summed E-state index contributed by atoms with van der Waals surface area (Å²) in [5, 5.41) is 10.7. The van der Waals surface area contributed by atoms with Crippen molar-refractivity contribution in [2.45, 2.75) is 5.33 Å². The molecule has 0 saturated heterocycles. The zero-order valence-corrected chi connectivity index (χ0v) is 9.65. The molecule has 1 heterocycles. The highest BCUT2D eigenvalue weighted by Gasteiger charge is 2.24. The minimum atomic E-state index is -0.891. The van der Waals surface area contributed by atoms with E-state index in [9.17, 15) is 19.7 Å². The number of aromatic nitrogens is 2. The number of hydrogen-bond acceptors (Lipinski definition) is 4. The molecule has 0 aliphatic rings. The summed E-state index contributed by atoms with van der Waals surface area (Å²) >= 11 is 3.01. The van der Waals surface area contributed by atoms with Crippen LogP contribution in [0, 0.1) is 10.1 Å². The predicted octanol–water partition coefficient (Wildman–Crippen LogP) is -0.113. The summed E-state index contributed by atoms with van der Waals surface area (Å²) in [7, 11) is 2.58. The highest BCUT2D eigenvalue weighted by atomic mass is 79.9. The van der Waals surface area contributed by atoms with Crippen molar-refractivity contribution in [3.05, 3.63) is 36.6 Å². The van der Waals surface area contributed by atoms with Crippen LogP contribution in [0.1, 0.15) is 5.69 Å². The van der Waals surface area contributed by atoms with Crippen LogP contribution in [0.4, 0.5) is 5.69 Å². The molecule has 0 saturated carbocycles. The number of alkyl halides is 1. The molecule has 0 aromatic carbocycles. The Kier molecular flexibility index (Phi) is 3.08. The van der Waals surface area contributed by atoms with Crippen LogP contribution in [0.3, 0.4) is 0 Å². The van der Waals surface area contributed by atoms with Gasteiger partial charge in [0.15, 0.2) is 0 Å². The molecule has 8 heteroatoms. The third kappa shape index (κ3) is 1.72. The fraction of sp³-hybridized carbons (Fsp3) is 0.429. The van der Waals surface area contributed by atoms with E-state index in [2.05, 4.69) is 15.9 Å². The standard InChI is InChI=1S/C7H8BrN3O4/c1-9-4(3-8)5(11(14)15)6(12)10(2)7(9)13/h3H2,1-2H3. The second kappa shape index (κ2) is 3.97. The van der Waals surface area contributed by atoms with E-state index in [1.807, 2.05) is 0 Å². The molecule has 1 aromatic heterocycles. The monoisotopic (exact) mass is 277 g/mol. The maximum Gasteiger partial charge on any atom is 0.354 e. The van der Waals surface area contributed by atoms with Crippen molar-refractivity contribution in [3.63, 3.8) is 0 Å². The van der Waals surface area contributed by atoms with Crippen LogP contribution >= 0.6 is 15.9 Å². The van der Waals surface area contributed by atoms with E-state index in [0.717, 1.165) is 4.57 Å². The van der Waals surface area contributed by atoms with Crippen LogP contribution in [0.2, 0.25) is 0 Å². The van der Waals surface area contributed by atoms with Crippen molar-refractivity contribution < 1.29 is 4.92 Å². The van der Waals surface area contributed by atoms with E-state index in [1.54, 1.807) is 0 Å². The van der Waals surface area contributed by atoms with Gasteiger partial charge in [-0.25, -0.2) is 4.79 Å². The third-order valence-electron chi connectivity index (χ3n) is 2.07. The first-order chi connectivity index (χ1) is 6.91. The highest BCUT2D eigenvalue weighted by molar-refractivity contribution is 9.08. The molecule has 0 spiro atoms. The summed E-state index contributed by atoms with van der Waals surface area (Å²) < 4.78 is 1.79. The molecular weight excluding hydrogens is 270 g/mol. The summed E-state index contributed by atoms with van der Waals surface area (Å²) in [6, 6.07) is 0. The Labute approximate surface area is 92.2 Å². The Morgan fingerprint density at radius 2 is 1.87 bits per heavy atom. The quantitative estimate of drug-likeness (QED) is 0.429. The van der Waals surface area contributed by atoms with Gasteiger partial charge in [0.25, 0.3) is 0 Å². The zero-order chi connectivity index (χ0) is 11.7. The molecule has 0 aliphatic heterocycles. The molecule has 7 nitrogen and oxygen atoms in total. The van der Waals surface area contributed by atoms with Gasteiger partial charge in [-0.3, -0.25) is 24.0 Å².